The first-order chi connectivity index (χ1) is 14.7. The Kier molecular flexibility index (Phi) is 5.38. The molecule has 30 heavy (non-hydrogen) atoms. The summed E-state index contributed by atoms with van der Waals surface area (Å²) in [5.41, 5.74) is 3.54. The molecule has 2 aliphatic rings. The summed E-state index contributed by atoms with van der Waals surface area (Å²) in [6.07, 6.45) is 5.56. The van der Waals surface area contributed by atoms with Gasteiger partial charge in [-0.2, -0.15) is 0 Å². The van der Waals surface area contributed by atoms with Crippen molar-refractivity contribution in [2.24, 2.45) is 5.92 Å². The second-order valence-corrected chi connectivity index (χ2v) is 8.27. The van der Waals surface area contributed by atoms with Crippen molar-refractivity contribution in [2.75, 3.05) is 36.4 Å². The van der Waals surface area contributed by atoms with Crippen LogP contribution in [0, 0.1) is 5.92 Å². The number of aromatic nitrogens is 2. The molecule has 5 rings (SSSR count). The van der Waals surface area contributed by atoms with Crippen molar-refractivity contribution in [3.63, 3.8) is 0 Å². The smallest absolute Gasteiger partial charge is 0.228 e. The van der Waals surface area contributed by atoms with Crippen LogP contribution in [0.25, 0.3) is 10.9 Å². The van der Waals surface area contributed by atoms with Crippen LogP contribution in [0.15, 0.2) is 48.8 Å². The maximum atomic E-state index is 12.5. The number of hydrogen-bond donors (Lipinski definition) is 4. The monoisotopic (exact) mass is 404 g/mol. The average molecular weight is 405 g/mol. The summed E-state index contributed by atoms with van der Waals surface area (Å²) in [4.78, 5) is 22.5. The van der Waals surface area contributed by atoms with Gasteiger partial charge >= 0.3 is 0 Å². The molecule has 1 aliphatic carbocycles. The van der Waals surface area contributed by atoms with Gasteiger partial charge in [0.25, 0.3) is 0 Å². The van der Waals surface area contributed by atoms with E-state index in [2.05, 4.69) is 55.1 Å². The van der Waals surface area contributed by atoms with Crippen molar-refractivity contribution in [3.8, 4) is 0 Å². The minimum atomic E-state index is 0.0595. The molecule has 3 aromatic rings. The molecule has 7 nitrogen and oxygen atoms in total. The van der Waals surface area contributed by atoms with Gasteiger partial charge in [0.15, 0.2) is 0 Å². The Hall–Kier alpha value is -2.90. The fourth-order valence-corrected chi connectivity index (χ4v) is 4.27. The zero-order chi connectivity index (χ0) is 20.3. The quantitative estimate of drug-likeness (QED) is 0.507. The molecular weight excluding hydrogens is 376 g/mol. The Labute approximate surface area is 176 Å². The van der Waals surface area contributed by atoms with E-state index in [1.54, 1.807) is 0 Å². The van der Waals surface area contributed by atoms with Gasteiger partial charge in [-0.05, 0) is 54.1 Å². The van der Waals surface area contributed by atoms with Crippen LogP contribution in [0.1, 0.15) is 18.4 Å². The number of fused-ring (bicyclic) bond motifs is 1. The van der Waals surface area contributed by atoms with E-state index in [0.29, 0.717) is 11.9 Å². The Balaban J connectivity index is 1.07. The SMILES string of the molecule is O=C(Nc1ccc(N2CCNCC2)cn1)C1CC(NCc2ccc3[nH]ccc3c2)C1. The third-order valence-corrected chi connectivity index (χ3v) is 6.20. The van der Waals surface area contributed by atoms with Crippen molar-refractivity contribution in [1.82, 2.24) is 20.6 Å². The van der Waals surface area contributed by atoms with Crippen molar-refractivity contribution < 1.29 is 4.79 Å². The Bertz CT molecular complexity index is 1000. The number of H-pyrrole nitrogens is 1. The molecule has 2 aromatic heterocycles. The minimum Gasteiger partial charge on any atom is -0.368 e. The summed E-state index contributed by atoms with van der Waals surface area (Å²) < 4.78 is 0. The van der Waals surface area contributed by atoms with Gasteiger partial charge in [0.1, 0.15) is 5.82 Å². The number of nitrogens with one attached hydrogen (secondary N) is 4. The average Bonchev–Trinajstić information content (AvgIpc) is 3.22. The lowest BCUT2D eigenvalue weighted by molar-refractivity contribution is -0.122. The molecule has 1 amide bonds. The van der Waals surface area contributed by atoms with E-state index in [1.165, 1.54) is 10.9 Å². The molecular formula is C23H28N6O. The van der Waals surface area contributed by atoms with Gasteiger partial charge in [0.05, 0.1) is 11.9 Å². The number of carbonyl (C=O) groups is 1. The fourth-order valence-electron chi connectivity index (χ4n) is 4.27. The molecule has 0 bridgehead atoms. The fraction of sp³-hybridized carbons (Fsp3) is 0.391. The van der Waals surface area contributed by atoms with Crippen molar-refractivity contribution in [2.45, 2.75) is 25.4 Å². The van der Waals surface area contributed by atoms with Gasteiger partial charge in [-0.3, -0.25) is 4.79 Å². The van der Waals surface area contributed by atoms with Gasteiger partial charge in [-0.25, -0.2) is 4.98 Å². The molecule has 1 saturated carbocycles. The van der Waals surface area contributed by atoms with Gasteiger partial charge in [-0.15, -0.1) is 0 Å². The predicted octanol–water partition coefficient (Wildman–Crippen LogP) is 2.48. The Morgan fingerprint density at radius 3 is 2.80 bits per heavy atom. The Morgan fingerprint density at radius 2 is 2.00 bits per heavy atom. The lowest BCUT2D eigenvalue weighted by Gasteiger charge is -2.35. The van der Waals surface area contributed by atoms with Crippen LogP contribution in [-0.4, -0.2) is 48.1 Å². The lowest BCUT2D eigenvalue weighted by atomic mass is 9.79. The molecule has 2 fully saturated rings. The van der Waals surface area contributed by atoms with Crippen LogP contribution in [0.5, 0.6) is 0 Å². The molecule has 0 atom stereocenters. The van der Waals surface area contributed by atoms with Gasteiger partial charge in [0.2, 0.25) is 5.91 Å². The third-order valence-electron chi connectivity index (χ3n) is 6.20. The molecule has 7 heteroatoms. The molecule has 3 heterocycles. The number of benzene rings is 1. The van der Waals surface area contributed by atoms with E-state index in [4.69, 9.17) is 0 Å². The molecule has 156 valence electrons. The van der Waals surface area contributed by atoms with Crippen molar-refractivity contribution in [3.05, 3.63) is 54.4 Å². The molecule has 0 radical (unpaired) electrons. The van der Waals surface area contributed by atoms with E-state index < -0.39 is 0 Å². The number of anilines is 2. The maximum Gasteiger partial charge on any atom is 0.228 e. The standard InChI is InChI=1S/C23H28N6O/c30-23(28-22-4-2-20(15-27-22)29-9-7-24-8-10-29)18-12-19(13-18)26-14-16-1-3-21-17(11-16)5-6-25-21/h1-6,11,15,18-19,24-26H,7-10,12-14H2,(H,27,28,30). The van der Waals surface area contributed by atoms with E-state index >= 15 is 0 Å². The summed E-state index contributed by atoms with van der Waals surface area (Å²) in [6.45, 7) is 4.80. The lowest BCUT2D eigenvalue weighted by Crippen LogP contribution is -2.45. The van der Waals surface area contributed by atoms with Crippen LogP contribution >= 0.6 is 0 Å². The Morgan fingerprint density at radius 1 is 1.13 bits per heavy atom. The number of rotatable bonds is 6. The van der Waals surface area contributed by atoms with Gasteiger partial charge in [0, 0.05) is 56.4 Å². The molecule has 1 aromatic carbocycles. The minimum absolute atomic E-state index is 0.0595. The summed E-state index contributed by atoms with van der Waals surface area (Å²) >= 11 is 0. The largest absolute Gasteiger partial charge is 0.368 e. The third kappa shape index (κ3) is 4.17. The summed E-state index contributed by atoms with van der Waals surface area (Å²) in [6, 6.07) is 12.9. The second-order valence-electron chi connectivity index (χ2n) is 8.27. The van der Waals surface area contributed by atoms with Crippen LogP contribution < -0.4 is 20.9 Å². The predicted molar refractivity (Wildman–Crippen MR) is 120 cm³/mol. The summed E-state index contributed by atoms with van der Waals surface area (Å²) in [7, 11) is 0. The van der Waals surface area contributed by atoms with Gasteiger partial charge < -0.3 is 25.8 Å². The first kappa shape index (κ1) is 19.1. The van der Waals surface area contributed by atoms with Gasteiger partial charge in [-0.1, -0.05) is 6.07 Å². The number of aromatic amines is 1. The highest BCUT2D eigenvalue weighted by atomic mass is 16.2. The molecule has 0 spiro atoms. The topological polar surface area (TPSA) is 85.1 Å². The number of pyridine rings is 1. The maximum absolute atomic E-state index is 12.5. The molecule has 4 N–H and O–H groups in total. The number of carbonyl (C=O) groups excluding carboxylic acids is 1. The first-order valence-electron chi connectivity index (χ1n) is 10.8. The summed E-state index contributed by atoms with van der Waals surface area (Å²) in [5, 5.41) is 11.1. The van der Waals surface area contributed by atoms with E-state index in [-0.39, 0.29) is 11.8 Å². The van der Waals surface area contributed by atoms with E-state index in [0.717, 1.165) is 56.8 Å². The number of amides is 1. The highest BCUT2D eigenvalue weighted by Crippen LogP contribution is 2.29. The van der Waals surface area contributed by atoms with E-state index in [1.807, 2.05) is 24.5 Å². The highest BCUT2D eigenvalue weighted by Gasteiger charge is 2.34. The zero-order valence-corrected chi connectivity index (χ0v) is 17.0. The normalized spacial score (nSPS) is 21.4. The van der Waals surface area contributed by atoms with Crippen molar-refractivity contribution in [1.29, 1.82) is 0 Å². The molecule has 0 unspecified atom stereocenters. The summed E-state index contributed by atoms with van der Waals surface area (Å²) in [5.74, 6) is 0.767. The number of piperazine rings is 1. The first-order valence-corrected chi connectivity index (χ1v) is 10.8. The molecule has 1 saturated heterocycles. The van der Waals surface area contributed by atoms with Crippen LogP contribution in [0.4, 0.5) is 11.5 Å². The van der Waals surface area contributed by atoms with Crippen molar-refractivity contribution >= 4 is 28.3 Å². The number of nitrogens with zero attached hydrogens (tertiary/aromatic N) is 2. The molecule has 1 aliphatic heterocycles. The zero-order valence-electron chi connectivity index (χ0n) is 17.0. The number of hydrogen-bond acceptors (Lipinski definition) is 5. The van der Waals surface area contributed by atoms with Crippen LogP contribution in [0.3, 0.4) is 0 Å². The van der Waals surface area contributed by atoms with Crippen LogP contribution in [0.2, 0.25) is 0 Å². The second kappa shape index (κ2) is 8.45. The highest BCUT2D eigenvalue weighted by molar-refractivity contribution is 5.92. The van der Waals surface area contributed by atoms with Crippen LogP contribution in [-0.2, 0) is 11.3 Å². The van der Waals surface area contributed by atoms with E-state index in [9.17, 15) is 4.79 Å².